The van der Waals surface area contributed by atoms with Crippen molar-refractivity contribution in [3.63, 3.8) is 0 Å². The fourth-order valence-electron chi connectivity index (χ4n) is 5.57. The first-order valence-corrected chi connectivity index (χ1v) is 12.8. The van der Waals surface area contributed by atoms with Gasteiger partial charge in [0.1, 0.15) is 18.0 Å². The summed E-state index contributed by atoms with van der Waals surface area (Å²) in [6.07, 6.45) is 1.54. The number of hydrogen-bond acceptors (Lipinski definition) is 5. The third-order valence-corrected chi connectivity index (χ3v) is 7.07. The first-order valence-electron chi connectivity index (χ1n) is 15.3. The number of ether oxygens (including phenoxy) is 2. The number of carbonyl (C=O) groups is 1. The van der Waals surface area contributed by atoms with Crippen molar-refractivity contribution in [3.05, 3.63) is 65.0 Å². The molecule has 194 valence electrons. The topological polar surface area (TPSA) is 67.5 Å². The van der Waals surface area contributed by atoms with Crippen LogP contribution < -0.4 is 0 Å². The van der Waals surface area contributed by atoms with Crippen LogP contribution in [0.25, 0.3) is 11.0 Å². The van der Waals surface area contributed by atoms with Gasteiger partial charge >= 0.3 is 5.97 Å². The lowest BCUT2D eigenvalue weighted by Crippen LogP contribution is -2.49. The Kier molecular flexibility index (Phi) is 6.55. The van der Waals surface area contributed by atoms with Gasteiger partial charge in [-0.15, -0.1) is 0 Å². The highest BCUT2D eigenvalue weighted by atomic mass is 16.6. The van der Waals surface area contributed by atoms with Crippen molar-refractivity contribution in [1.29, 1.82) is 0 Å². The van der Waals surface area contributed by atoms with Gasteiger partial charge in [0.2, 0.25) is 0 Å². The second kappa shape index (κ2) is 11.6. The van der Waals surface area contributed by atoms with Crippen LogP contribution in [0.2, 0.25) is 0 Å². The predicted octanol–water partition coefficient (Wildman–Crippen LogP) is 5.44. The summed E-state index contributed by atoms with van der Waals surface area (Å²) in [7, 11) is 1.41. The summed E-state index contributed by atoms with van der Waals surface area (Å²) in [5.74, 6) is -0.190. The second-order valence-corrected chi connectivity index (χ2v) is 10.2. The van der Waals surface area contributed by atoms with E-state index >= 15 is 0 Å². The van der Waals surface area contributed by atoms with E-state index in [4.69, 9.17) is 16.3 Å². The van der Waals surface area contributed by atoms with Gasteiger partial charge in [-0.25, -0.2) is 9.78 Å². The molecule has 2 aromatic carbocycles. The number of aryl methyl sites for hydroxylation is 3. The molecule has 2 atom stereocenters. The van der Waals surface area contributed by atoms with E-state index in [1.165, 1.54) is 7.11 Å². The largest absolute Gasteiger partial charge is 0.457 e. The number of carbonyl (C=O) groups excluding carboxylic acids is 1. The van der Waals surface area contributed by atoms with Gasteiger partial charge < -0.3 is 19.4 Å². The molecule has 1 aliphatic carbocycles. The average molecular weight is 497 g/mol. The Bertz CT molecular complexity index is 1320. The predicted molar refractivity (Wildman–Crippen MR) is 144 cm³/mol. The number of nitrogens with zero attached hydrogens (tertiary/aromatic N) is 2. The van der Waals surface area contributed by atoms with Crippen LogP contribution in [0.15, 0.2) is 42.5 Å². The highest BCUT2D eigenvalue weighted by molar-refractivity contribution is 5.74. The molecule has 6 nitrogen and oxygen atoms in total. The summed E-state index contributed by atoms with van der Waals surface area (Å²) >= 11 is 0. The number of imidazole rings is 1. The molecule has 1 N–H and O–H groups in total. The van der Waals surface area contributed by atoms with Crippen LogP contribution >= 0.6 is 0 Å². The number of rotatable bonds is 11. The zero-order valence-electron chi connectivity index (χ0n) is 26.8. The number of fused-ring (bicyclic) bond motifs is 2. The zero-order chi connectivity index (χ0) is 30.0. The molecule has 0 radical (unpaired) electrons. The molecule has 1 heterocycles. The van der Waals surface area contributed by atoms with Crippen LogP contribution in [0.3, 0.4) is 0 Å². The highest BCUT2D eigenvalue weighted by Crippen LogP contribution is 2.48. The Morgan fingerprint density at radius 2 is 2.17 bits per heavy atom. The first kappa shape index (κ1) is 20.4. The maximum atomic E-state index is 12.9. The molecule has 1 aliphatic rings. The van der Waals surface area contributed by atoms with Crippen molar-refractivity contribution < 1.29 is 21.1 Å². The molecule has 0 fully saturated rings. The van der Waals surface area contributed by atoms with E-state index in [1.54, 1.807) is 0 Å². The minimum absolute atomic E-state index is 0.00259. The molecule has 0 unspecified atom stereocenters. The molecule has 0 saturated carbocycles. The number of aromatic nitrogens is 2. The minimum Gasteiger partial charge on any atom is -0.457 e. The van der Waals surface area contributed by atoms with Crippen LogP contribution in [0.1, 0.15) is 68.4 Å². The van der Waals surface area contributed by atoms with Crippen LogP contribution in [-0.4, -0.2) is 60.2 Å². The van der Waals surface area contributed by atoms with Crippen LogP contribution in [0, 0.1) is 12.8 Å². The Balaban J connectivity index is 1.64. The number of aromatic amines is 1. The number of nitrogens with one attached hydrogen (secondary N) is 1. The smallest absolute Gasteiger partial charge is 0.332 e. The van der Waals surface area contributed by atoms with Gasteiger partial charge in [0.05, 0.1) is 11.0 Å². The fraction of sp³-hybridized carbons (Fsp3) is 0.533. The molecule has 0 aliphatic heterocycles. The molecule has 0 bridgehead atoms. The standard InChI is InChI=1S/C30H41N3O3/c1-21(2)29-24-13-12-22(3)19-23(24)14-15-30(29,36-28(34)20-35-5)16-18-33(4)17-8-11-27-31-25-9-6-7-10-26(25)32-27/h6-7,9-10,12-13,19,21,29H,8,11,14-18,20H2,1-5H3,(H,31,32)/t29-,30-/m0/s1/i4D3,18D2. The first-order chi connectivity index (χ1) is 19.3. The SMILES string of the molecule is [2H]C([2H])([2H])N(CCCc1nc2ccccc2[nH]1)C([2H])([2H])C[C@@]1(OC(=O)COC)CCc2cc(C)ccc2[C@@H]1C(C)C. The lowest BCUT2D eigenvalue weighted by Gasteiger charge is -2.47. The summed E-state index contributed by atoms with van der Waals surface area (Å²) in [4.78, 5) is 21.7. The lowest BCUT2D eigenvalue weighted by molar-refractivity contribution is -0.172. The minimum atomic E-state index is -2.70. The van der Waals surface area contributed by atoms with Gasteiger partial charge in [0, 0.05) is 39.2 Å². The summed E-state index contributed by atoms with van der Waals surface area (Å²) < 4.78 is 54.2. The molecular formula is C30H41N3O3. The van der Waals surface area contributed by atoms with Gasteiger partial charge in [-0.2, -0.15) is 0 Å². The lowest BCUT2D eigenvalue weighted by atomic mass is 9.65. The molecule has 3 aromatic rings. The fourth-order valence-corrected chi connectivity index (χ4v) is 5.57. The summed E-state index contributed by atoms with van der Waals surface area (Å²) in [6.45, 7) is 0.796. The maximum Gasteiger partial charge on any atom is 0.332 e. The van der Waals surface area contributed by atoms with E-state index < -0.39 is 25.0 Å². The van der Waals surface area contributed by atoms with Gasteiger partial charge in [0.25, 0.3) is 0 Å². The Morgan fingerprint density at radius 1 is 1.33 bits per heavy atom. The zero-order valence-corrected chi connectivity index (χ0v) is 21.8. The Morgan fingerprint density at radius 3 is 2.92 bits per heavy atom. The molecular weight excluding hydrogens is 450 g/mol. The van der Waals surface area contributed by atoms with Crippen LogP contribution in [-0.2, 0) is 27.1 Å². The van der Waals surface area contributed by atoms with E-state index in [-0.39, 0.29) is 31.4 Å². The van der Waals surface area contributed by atoms with E-state index in [2.05, 4.69) is 16.0 Å². The number of methoxy groups -OCH3 is 1. The van der Waals surface area contributed by atoms with Gasteiger partial charge in [0.15, 0.2) is 0 Å². The van der Waals surface area contributed by atoms with E-state index in [0.29, 0.717) is 25.7 Å². The van der Waals surface area contributed by atoms with E-state index in [0.717, 1.165) is 38.4 Å². The van der Waals surface area contributed by atoms with E-state index in [1.807, 2.05) is 57.2 Å². The molecule has 6 heteroatoms. The molecule has 0 amide bonds. The molecule has 0 saturated heterocycles. The van der Waals surface area contributed by atoms with Gasteiger partial charge in [-0.3, -0.25) is 0 Å². The molecule has 4 rings (SSSR count). The monoisotopic (exact) mass is 496 g/mol. The summed E-state index contributed by atoms with van der Waals surface area (Å²) in [6, 6.07) is 13.8. The third-order valence-electron chi connectivity index (χ3n) is 7.07. The van der Waals surface area contributed by atoms with Crippen molar-refractivity contribution in [2.75, 3.05) is 33.7 Å². The number of hydrogen-bond donors (Lipinski definition) is 1. The van der Waals surface area contributed by atoms with Gasteiger partial charge in [-0.05, 0) is 68.9 Å². The van der Waals surface area contributed by atoms with Crippen molar-refractivity contribution in [1.82, 2.24) is 14.9 Å². The number of para-hydroxylation sites is 2. The summed E-state index contributed by atoms with van der Waals surface area (Å²) in [5.41, 5.74) is 3.78. The number of esters is 1. The number of benzene rings is 2. The normalized spacial score (nSPS) is 22.5. The van der Waals surface area contributed by atoms with Crippen molar-refractivity contribution >= 4 is 17.0 Å². The highest BCUT2D eigenvalue weighted by Gasteiger charge is 2.47. The van der Waals surface area contributed by atoms with Gasteiger partial charge in [-0.1, -0.05) is 49.7 Å². The van der Waals surface area contributed by atoms with Crippen molar-refractivity contribution in [3.8, 4) is 0 Å². The Labute approximate surface area is 222 Å². The average Bonchev–Trinajstić information content (AvgIpc) is 3.28. The molecule has 36 heavy (non-hydrogen) atoms. The van der Waals surface area contributed by atoms with Crippen LogP contribution in [0.5, 0.6) is 0 Å². The van der Waals surface area contributed by atoms with Crippen molar-refractivity contribution in [2.45, 2.75) is 64.4 Å². The quantitative estimate of drug-likeness (QED) is 0.358. The van der Waals surface area contributed by atoms with Crippen molar-refractivity contribution in [2.24, 2.45) is 5.92 Å². The Hall–Kier alpha value is -2.70. The third kappa shape index (κ3) is 5.98. The maximum absolute atomic E-state index is 12.9. The van der Waals surface area contributed by atoms with Crippen LogP contribution in [0.4, 0.5) is 0 Å². The second-order valence-electron chi connectivity index (χ2n) is 10.2. The molecule has 0 spiro atoms. The molecule has 1 aromatic heterocycles. The summed E-state index contributed by atoms with van der Waals surface area (Å²) in [5, 5.41) is 0. The number of H-pyrrole nitrogens is 1. The van der Waals surface area contributed by atoms with E-state index in [9.17, 15) is 4.79 Å².